The summed E-state index contributed by atoms with van der Waals surface area (Å²) in [7, 11) is 0. The summed E-state index contributed by atoms with van der Waals surface area (Å²) < 4.78 is 47.3. The van der Waals surface area contributed by atoms with Crippen molar-refractivity contribution >= 4 is 17.3 Å². The molecule has 1 saturated heterocycles. The van der Waals surface area contributed by atoms with E-state index >= 15 is 0 Å². The summed E-state index contributed by atoms with van der Waals surface area (Å²) in [6, 6.07) is 12.0. The highest BCUT2D eigenvalue weighted by Crippen LogP contribution is 2.36. The third-order valence-electron chi connectivity index (χ3n) is 6.09. The maximum Gasteiger partial charge on any atom is 0.416 e. The molecule has 1 fully saturated rings. The van der Waals surface area contributed by atoms with Crippen molar-refractivity contribution in [3.8, 4) is 16.9 Å². The summed E-state index contributed by atoms with van der Waals surface area (Å²) in [5.41, 5.74) is 2.89. The van der Waals surface area contributed by atoms with Gasteiger partial charge in [0, 0.05) is 36.6 Å². The second-order valence-corrected chi connectivity index (χ2v) is 8.57. The van der Waals surface area contributed by atoms with E-state index in [0.717, 1.165) is 23.3 Å². The molecule has 1 N–H and O–H groups in total. The number of ether oxygens (including phenoxy) is 1. The molecule has 1 aliphatic heterocycles. The average Bonchev–Trinajstić information content (AvgIpc) is 3.39. The number of aryl methyl sites for hydroxylation is 1. The number of rotatable bonds is 5. The van der Waals surface area contributed by atoms with Gasteiger partial charge in [-0.15, -0.1) is 5.10 Å². The van der Waals surface area contributed by atoms with Crippen LogP contribution in [0.3, 0.4) is 0 Å². The fraction of sp³-hybridized carbons (Fsp3) is 0.231. The molecule has 0 bridgehead atoms. The Hall–Kier alpha value is -4.25. The number of hydrogen-bond donors (Lipinski definition) is 1. The number of alkyl halides is 3. The molecule has 2 aromatic heterocycles. The molecule has 0 spiro atoms. The first-order valence-electron chi connectivity index (χ1n) is 11.6. The Bertz CT molecular complexity index is 1420. The summed E-state index contributed by atoms with van der Waals surface area (Å²) in [5.74, 6) is -0.539. The number of nitrogens with zero attached hydrogens (tertiary/aromatic N) is 5. The van der Waals surface area contributed by atoms with Gasteiger partial charge in [-0.2, -0.15) is 13.2 Å². The summed E-state index contributed by atoms with van der Waals surface area (Å²) in [4.78, 5) is 19.2. The smallest absolute Gasteiger partial charge is 0.378 e. The van der Waals surface area contributed by atoms with Crippen molar-refractivity contribution in [1.82, 2.24) is 20.0 Å². The van der Waals surface area contributed by atoms with E-state index in [9.17, 15) is 18.0 Å². The standard InChI is InChI=1S/C26H23F3N6O2/c1-17-4-5-18(13-24(17)35-16-22(32-33-35)19-3-2-8-30-15-19)25(36)31-21-14-20(26(27,28)29)6-7-23(21)34-9-11-37-12-10-34/h2-8,13-16H,9-12H2,1H3,(H,31,36). The highest BCUT2D eigenvalue weighted by molar-refractivity contribution is 6.06. The SMILES string of the molecule is Cc1ccc(C(=O)Nc2cc(C(F)(F)F)ccc2N2CCOCC2)cc1-n1cc(-c2cccnc2)nn1. The molecule has 0 aliphatic carbocycles. The molecule has 2 aromatic carbocycles. The minimum atomic E-state index is -4.54. The molecular weight excluding hydrogens is 485 g/mol. The lowest BCUT2D eigenvalue weighted by atomic mass is 10.1. The Morgan fingerprint density at radius 2 is 1.86 bits per heavy atom. The number of amides is 1. The Kier molecular flexibility index (Phi) is 6.62. The van der Waals surface area contributed by atoms with E-state index in [0.29, 0.717) is 43.4 Å². The van der Waals surface area contributed by atoms with Crippen LogP contribution >= 0.6 is 0 Å². The van der Waals surface area contributed by atoms with Crippen LogP contribution in [0.15, 0.2) is 67.1 Å². The number of pyridine rings is 1. The molecule has 37 heavy (non-hydrogen) atoms. The van der Waals surface area contributed by atoms with Crippen molar-refractivity contribution in [3.05, 3.63) is 83.8 Å². The molecule has 3 heterocycles. The summed E-state index contributed by atoms with van der Waals surface area (Å²) in [6.07, 6.45) is 0.519. The van der Waals surface area contributed by atoms with Crippen LogP contribution in [0.2, 0.25) is 0 Å². The lowest BCUT2D eigenvalue weighted by Gasteiger charge is -2.31. The second-order valence-electron chi connectivity index (χ2n) is 8.57. The minimum Gasteiger partial charge on any atom is -0.378 e. The van der Waals surface area contributed by atoms with E-state index in [4.69, 9.17) is 4.74 Å². The zero-order valence-electron chi connectivity index (χ0n) is 19.9. The molecule has 0 radical (unpaired) electrons. The van der Waals surface area contributed by atoms with Gasteiger partial charge in [0.25, 0.3) is 5.91 Å². The van der Waals surface area contributed by atoms with Gasteiger partial charge in [-0.05, 0) is 55.0 Å². The molecule has 4 aromatic rings. The van der Waals surface area contributed by atoms with Gasteiger partial charge in [0.05, 0.1) is 42.0 Å². The Morgan fingerprint density at radius 1 is 1.05 bits per heavy atom. The zero-order chi connectivity index (χ0) is 26.0. The molecule has 0 saturated carbocycles. The van der Waals surface area contributed by atoms with Crippen LogP contribution in [0, 0.1) is 6.92 Å². The van der Waals surface area contributed by atoms with Crippen LogP contribution in [0.1, 0.15) is 21.5 Å². The number of anilines is 2. The van der Waals surface area contributed by atoms with Gasteiger partial charge in [-0.25, -0.2) is 4.68 Å². The third kappa shape index (κ3) is 5.31. The van der Waals surface area contributed by atoms with Crippen molar-refractivity contribution in [2.45, 2.75) is 13.1 Å². The molecule has 11 heteroatoms. The van der Waals surface area contributed by atoms with E-state index < -0.39 is 17.6 Å². The van der Waals surface area contributed by atoms with Crippen molar-refractivity contribution in [3.63, 3.8) is 0 Å². The third-order valence-corrected chi connectivity index (χ3v) is 6.09. The largest absolute Gasteiger partial charge is 0.416 e. The van der Waals surface area contributed by atoms with E-state index in [1.165, 1.54) is 6.07 Å². The number of hydrogen-bond acceptors (Lipinski definition) is 6. The highest BCUT2D eigenvalue weighted by Gasteiger charge is 2.32. The molecule has 5 rings (SSSR count). The number of benzene rings is 2. The van der Waals surface area contributed by atoms with Gasteiger partial charge < -0.3 is 15.0 Å². The minimum absolute atomic E-state index is 0.0865. The Balaban J connectivity index is 1.45. The Labute approximate surface area is 210 Å². The molecule has 1 aliphatic rings. The van der Waals surface area contributed by atoms with Crippen LogP contribution in [0.5, 0.6) is 0 Å². The lowest BCUT2D eigenvalue weighted by Crippen LogP contribution is -2.36. The number of morpholine rings is 1. The molecule has 8 nitrogen and oxygen atoms in total. The predicted molar refractivity (Wildman–Crippen MR) is 132 cm³/mol. The summed E-state index contributed by atoms with van der Waals surface area (Å²) in [6.45, 7) is 3.79. The van der Waals surface area contributed by atoms with Gasteiger partial charge >= 0.3 is 6.18 Å². The van der Waals surface area contributed by atoms with Crippen LogP contribution in [-0.2, 0) is 10.9 Å². The number of carbonyl (C=O) groups is 1. The molecule has 1 amide bonds. The summed E-state index contributed by atoms with van der Waals surface area (Å²) >= 11 is 0. The second kappa shape index (κ2) is 10.0. The zero-order valence-corrected chi connectivity index (χ0v) is 19.9. The first-order valence-corrected chi connectivity index (χ1v) is 11.6. The topological polar surface area (TPSA) is 85.2 Å². The molecule has 0 unspecified atom stereocenters. The molecule has 190 valence electrons. The fourth-order valence-electron chi connectivity index (χ4n) is 4.11. The van der Waals surface area contributed by atoms with Crippen molar-refractivity contribution in [2.24, 2.45) is 0 Å². The quantitative estimate of drug-likeness (QED) is 0.419. The van der Waals surface area contributed by atoms with Crippen molar-refractivity contribution < 1.29 is 22.7 Å². The number of aromatic nitrogens is 4. The first-order chi connectivity index (χ1) is 17.8. The van der Waals surface area contributed by atoms with E-state index in [1.54, 1.807) is 47.5 Å². The van der Waals surface area contributed by atoms with Crippen LogP contribution in [0.25, 0.3) is 16.9 Å². The van der Waals surface area contributed by atoms with Gasteiger partial charge in [-0.1, -0.05) is 11.3 Å². The lowest BCUT2D eigenvalue weighted by molar-refractivity contribution is -0.137. The van der Waals surface area contributed by atoms with E-state index in [2.05, 4.69) is 20.6 Å². The van der Waals surface area contributed by atoms with Crippen molar-refractivity contribution in [2.75, 3.05) is 36.5 Å². The van der Waals surface area contributed by atoms with Gasteiger partial charge in [0.2, 0.25) is 0 Å². The normalized spacial score (nSPS) is 14.0. The maximum absolute atomic E-state index is 13.4. The highest BCUT2D eigenvalue weighted by atomic mass is 19.4. The molecular formula is C26H23F3N6O2. The van der Waals surface area contributed by atoms with E-state index in [-0.39, 0.29) is 11.3 Å². The van der Waals surface area contributed by atoms with Gasteiger partial charge in [0.1, 0.15) is 5.69 Å². The monoisotopic (exact) mass is 508 g/mol. The predicted octanol–water partition coefficient (Wildman–Crippen LogP) is 4.75. The Morgan fingerprint density at radius 3 is 2.59 bits per heavy atom. The van der Waals surface area contributed by atoms with Gasteiger partial charge in [0.15, 0.2) is 0 Å². The van der Waals surface area contributed by atoms with Crippen LogP contribution < -0.4 is 10.2 Å². The number of carbonyl (C=O) groups excluding carboxylic acids is 1. The number of halogens is 3. The van der Waals surface area contributed by atoms with Crippen LogP contribution in [-0.4, -0.2) is 52.2 Å². The maximum atomic E-state index is 13.4. The van der Waals surface area contributed by atoms with Crippen molar-refractivity contribution in [1.29, 1.82) is 0 Å². The summed E-state index contributed by atoms with van der Waals surface area (Å²) in [5, 5.41) is 11.1. The average molecular weight is 509 g/mol. The molecule has 0 atom stereocenters. The van der Waals surface area contributed by atoms with E-state index in [1.807, 2.05) is 17.9 Å². The van der Waals surface area contributed by atoms with Crippen LogP contribution in [0.4, 0.5) is 24.5 Å². The van der Waals surface area contributed by atoms with Gasteiger partial charge in [-0.3, -0.25) is 9.78 Å². The number of nitrogens with one attached hydrogen (secondary N) is 1. The first kappa shape index (κ1) is 24.4. The fourth-order valence-corrected chi connectivity index (χ4v) is 4.11.